The van der Waals surface area contributed by atoms with Crippen molar-refractivity contribution in [3.63, 3.8) is 0 Å². The second kappa shape index (κ2) is 13.5. The van der Waals surface area contributed by atoms with Gasteiger partial charge in [0, 0.05) is 24.3 Å². The molecule has 3 aliphatic heterocycles. The molecule has 13 nitrogen and oxygen atoms in total. The largest absolute Gasteiger partial charge is 0.511 e. The number of phenolic OH excluding ortho intramolecular Hbond substituents is 2. The number of allylic oxidation sites excluding steroid dienone is 3. The Hall–Kier alpha value is -3.01. The first-order valence-corrected chi connectivity index (χ1v) is 18.9. The van der Waals surface area contributed by atoms with Gasteiger partial charge in [-0.3, -0.25) is 14.1 Å². The Bertz CT molecular complexity index is 1670. The topological polar surface area (TPSA) is 209 Å². The number of phenols is 2. The van der Waals surface area contributed by atoms with Crippen molar-refractivity contribution in [2.24, 2.45) is 47.3 Å². The van der Waals surface area contributed by atoms with Crippen molar-refractivity contribution in [3.05, 3.63) is 46.7 Å². The van der Waals surface area contributed by atoms with Crippen LogP contribution in [0, 0.1) is 47.3 Å². The molecule has 0 radical (unpaired) electrons. The van der Waals surface area contributed by atoms with Crippen molar-refractivity contribution < 1.29 is 56.6 Å². The summed E-state index contributed by atoms with van der Waals surface area (Å²) in [6.07, 6.45) is 1.88. The van der Waals surface area contributed by atoms with Crippen molar-refractivity contribution in [2.75, 3.05) is 0 Å². The Morgan fingerprint density at radius 3 is 2.32 bits per heavy atom. The average molecular weight is 720 g/mol. The molecule has 0 aromatic heterocycles. The highest BCUT2D eigenvalue weighted by molar-refractivity contribution is 7.80. The highest BCUT2D eigenvalue weighted by Crippen LogP contribution is 2.56. The normalized spacial score (nSPS) is 41.8. The van der Waals surface area contributed by atoms with Crippen molar-refractivity contribution in [3.8, 4) is 11.5 Å². The minimum atomic E-state index is -4.78. The number of rotatable bonds is 6. The van der Waals surface area contributed by atoms with Crippen LogP contribution in [0.2, 0.25) is 0 Å². The lowest BCUT2D eigenvalue weighted by molar-refractivity contribution is -0.356. The van der Waals surface area contributed by atoms with Gasteiger partial charge < -0.3 is 35.2 Å². The first-order valence-electron chi connectivity index (χ1n) is 17.6. The molecule has 1 aromatic carbocycles. The van der Waals surface area contributed by atoms with E-state index in [0.717, 1.165) is 18.4 Å². The van der Waals surface area contributed by atoms with Crippen LogP contribution < -0.4 is 5.32 Å². The number of carbonyl (C=O) groups is 2. The van der Waals surface area contributed by atoms with E-state index in [-0.39, 0.29) is 35.2 Å². The van der Waals surface area contributed by atoms with E-state index < -0.39 is 87.4 Å². The third kappa shape index (κ3) is 6.82. The van der Waals surface area contributed by atoms with Crippen molar-refractivity contribution in [1.29, 1.82) is 0 Å². The SMILES string of the molecule is CC1=CC2CCC(OS(=O)(=O)O)C(C)C2C(C(O)=C2C(=O)NC(O)C2=O)C1CC1OC2(CCC(C)C(c3cc(O)cc(O)c3)O2)C(C)CC1C. The molecule has 5 aliphatic rings. The molecule has 1 spiro atoms. The smallest absolute Gasteiger partial charge is 0.397 e. The summed E-state index contributed by atoms with van der Waals surface area (Å²) in [6.45, 7) is 9.95. The fraction of sp³-hybridized carbons (Fsp3) is 0.667. The number of hydrogen-bond donors (Lipinski definition) is 6. The van der Waals surface area contributed by atoms with Crippen LogP contribution in [0.1, 0.15) is 84.8 Å². The predicted molar refractivity (Wildman–Crippen MR) is 179 cm³/mol. The number of aromatic hydroxyl groups is 2. The fourth-order valence-corrected chi connectivity index (χ4v) is 10.3. The van der Waals surface area contributed by atoms with Crippen LogP contribution in [0.25, 0.3) is 0 Å². The maximum Gasteiger partial charge on any atom is 0.397 e. The number of ketones is 1. The van der Waals surface area contributed by atoms with Gasteiger partial charge in [0.15, 0.2) is 12.0 Å². The summed E-state index contributed by atoms with van der Waals surface area (Å²) in [6, 6.07) is 4.44. The van der Waals surface area contributed by atoms with E-state index in [0.29, 0.717) is 31.2 Å². The minimum Gasteiger partial charge on any atom is -0.511 e. The van der Waals surface area contributed by atoms with Gasteiger partial charge >= 0.3 is 10.4 Å². The highest BCUT2D eigenvalue weighted by atomic mass is 32.3. The van der Waals surface area contributed by atoms with E-state index in [4.69, 9.17) is 13.7 Å². The monoisotopic (exact) mass is 719 g/mol. The quantitative estimate of drug-likeness (QED) is 0.0784. The van der Waals surface area contributed by atoms with Crippen LogP contribution >= 0.6 is 0 Å². The molecule has 13 unspecified atom stereocenters. The van der Waals surface area contributed by atoms with E-state index in [1.165, 1.54) is 6.07 Å². The molecule has 50 heavy (non-hydrogen) atoms. The van der Waals surface area contributed by atoms with Gasteiger partial charge in [-0.05, 0) is 92.2 Å². The summed E-state index contributed by atoms with van der Waals surface area (Å²) >= 11 is 0. The van der Waals surface area contributed by atoms with E-state index in [2.05, 4.69) is 32.2 Å². The Labute approximate surface area is 292 Å². The van der Waals surface area contributed by atoms with Crippen LogP contribution in [0.3, 0.4) is 0 Å². The number of nitrogens with one attached hydrogen (secondary N) is 1. The molecular weight excluding hydrogens is 670 g/mol. The lowest BCUT2D eigenvalue weighted by Crippen LogP contribution is -2.55. The Morgan fingerprint density at radius 2 is 1.70 bits per heavy atom. The number of fused-ring (bicyclic) bond motifs is 1. The van der Waals surface area contributed by atoms with Crippen LogP contribution in [-0.2, 0) is 33.6 Å². The van der Waals surface area contributed by atoms with Gasteiger partial charge in [-0.1, -0.05) is 39.3 Å². The molecule has 13 atom stereocenters. The molecule has 4 fully saturated rings. The first kappa shape index (κ1) is 36.8. The molecule has 2 aliphatic carbocycles. The van der Waals surface area contributed by atoms with Crippen LogP contribution in [0.4, 0.5) is 0 Å². The summed E-state index contributed by atoms with van der Waals surface area (Å²) < 4.78 is 52.1. The predicted octanol–water partition coefficient (Wildman–Crippen LogP) is 4.60. The molecule has 1 amide bonds. The zero-order chi connectivity index (χ0) is 36.4. The molecule has 1 aromatic rings. The van der Waals surface area contributed by atoms with E-state index in [1.54, 1.807) is 19.1 Å². The molecule has 1 saturated carbocycles. The third-order valence-corrected chi connectivity index (χ3v) is 12.7. The Balaban J connectivity index is 1.36. The highest BCUT2D eigenvalue weighted by Gasteiger charge is 2.55. The van der Waals surface area contributed by atoms with Gasteiger partial charge in [-0.15, -0.1) is 0 Å². The number of ether oxygens (including phenoxy) is 2. The van der Waals surface area contributed by atoms with Gasteiger partial charge in [0.05, 0.1) is 18.3 Å². The van der Waals surface area contributed by atoms with Crippen LogP contribution in [0.15, 0.2) is 41.2 Å². The Kier molecular flexibility index (Phi) is 9.94. The molecule has 3 saturated heterocycles. The summed E-state index contributed by atoms with van der Waals surface area (Å²) in [7, 11) is -4.78. The maximum atomic E-state index is 13.0. The van der Waals surface area contributed by atoms with E-state index in [1.807, 2.05) is 6.92 Å². The minimum absolute atomic E-state index is 0.00801. The van der Waals surface area contributed by atoms with E-state index in [9.17, 15) is 43.0 Å². The van der Waals surface area contributed by atoms with Crippen LogP contribution in [-0.4, -0.2) is 69.3 Å². The number of aliphatic hydroxyl groups excluding tert-OH is 2. The second-order valence-electron chi connectivity index (χ2n) is 15.4. The van der Waals surface area contributed by atoms with Crippen molar-refractivity contribution >= 4 is 22.1 Å². The number of carbonyl (C=O) groups excluding carboxylic acids is 2. The molecule has 14 heteroatoms. The standard InChI is InChI=1S/C36H49NO12S/c1-16-8-9-36(48-33(16)22-12-23(38)14-24(39)13-22)19(4)10-18(3)27(47-36)15-25-17(2)11-21-6-7-26(49-50(44,45)46)20(5)28(21)29(25)31(40)30-32(41)35(43)37-34(30)42/h11-14,16,18-21,25-29,33,35,38-40,43H,6-10,15H2,1-5H3,(H,37,42)(H,44,45,46). The number of hydrogen-bond acceptors (Lipinski definition) is 11. The summed E-state index contributed by atoms with van der Waals surface area (Å²) in [5.41, 5.74) is 1.05. The molecule has 6 rings (SSSR count). The average Bonchev–Trinajstić information content (AvgIpc) is 3.27. The van der Waals surface area contributed by atoms with E-state index >= 15 is 0 Å². The Morgan fingerprint density at radius 1 is 1.02 bits per heavy atom. The van der Waals surface area contributed by atoms with Gasteiger partial charge in [-0.25, -0.2) is 4.18 Å². The third-order valence-electron chi connectivity index (χ3n) is 12.2. The van der Waals surface area contributed by atoms with Crippen molar-refractivity contribution in [2.45, 2.75) is 103 Å². The molecule has 0 bridgehead atoms. The summed E-state index contributed by atoms with van der Waals surface area (Å²) in [4.78, 5) is 25.9. The zero-order valence-electron chi connectivity index (χ0n) is 29.0. The number of Topliss-reactive ketones (excluding diaryl/α,β-unsaturated/α-hetero) is 1. The van der Waals surface area contributed by atoms with Gasteiger partial charge in [-0.2, -0.15) is 8.42 Å². The lowest BCUT2D eigenvalue weighted by atomic mass is 9.56. The van der Waals surface area contributed by atoms with Crippen LogP contribution in [0.5, 0.6) is 11.5 Å². The zero-order valence-corrected chi connectivity index (χ0v) is 29.8. The summed E-state index contributed by atoms with van der Waals surface area (Å²) in [5, 5.41) is 44.7. The number of benzene rings is 1. The van der Waals surface area contributed by atoms with Gasteiger partial charge in [0.2, 0.25) is 5.78 Å². The maximum absolute atomic E-state index is 13.0. The molecule has 276 valence electrons. The molecule has 6 N–H and O–H groups in total. The van der Waals surface area contributed by atoms with Crippen molar-refractivity contribution in [1.82, 2.24) is 5.32 Å². The molecular formula is C36H49NO12S. The first-order chi connectivity index (χ1) is 23.4. The fourth-order valence-electron chi connectivity index (χ4n) is 9.67. The number of amides is 1. The number of aliphatic hydroxyl groups is 2. The summed E-state index contributed by atoms with van der Waals surface area (Å²) in [5.74, 6) is -5.79. The molecule has 3 heterocycles. The second-order valence-corrected chi connectivity index (χ2v) is 16.5. The lowest BCUT2D eigenvalue weighted by Gasteiger charge is -2.54. The van der Waals surface area contributed by atoms with Gasteiger partial charge in [0.1, 0.15) is 22.8 Å². The van der Waals surface area contributed by atoms with Gasteiger partial charge in [0.25, 0.3) is 5.91 Å².